The summed E-state index contributed by atoms with van der Waals surface area (Å²) in [6.45, 7) is 5.27. The fraction of sp³-hybridized carbons (Fsp3) is 0.806. The van der Waals surface area contributed by atoms with Gasteiger partial charge in [0.05, 0.1) is 12.3 Å². The second-order valence-corrected chi connectivity index (χ2v) is 13.4. The Kier molecular flexibility index (Phi) is 7.76. The van der Waals surface area contributed by atoms with E-state index in [2.05, 4.69) is 19.2 Å². The van der Waals surface area contributed by atoms with E-state index in [1.807, 2.05) is 6.08 Å². The molecule has 0 aromatic carbocycles. The molecule has 7 heteroatoms. The molecule has 0 aromatic rings. The van der Waals surface area contributed by atoms with Gasteiger partial charge in [-0.05, 0) is 106 Å². The van der Waals surface area contributed by atoms with Crippen molar-refractivity contribution in [3.8, 4) is 0 Å². The van der Waals surface area contributed by atoms with Crippen LogP contribution in [0.3, 0.4) is 0 Å². The summed E-state index contributed by atoms with van der Waals surface area (Å²) in [5.74, 6) is 1.02. The number of ether oxygens (including phenoxy) is 1. The number of carboxylic acids is 1. The predicted octanol–water partition coefficient (Wildman–Crippen LogP) is 5.22. The highest BCUT2D eigenvalue weighted by Gasteiger charge is 2.60. The van der Waals surface area contributed by atoms with Crippen molar-refractivity contribution in [1.29, 1.82) is 0 Å². The maximum absolute atomic E-state index is 12.8. The Balaban J connectivity index is 1.09. The number of hydrogen-bond donors (Lipinski definition) is 2. The number of fused-ring (bicyclic) bond motifs is 5. The summed E-state index contributed by atoms with van der Waals surface area (Å²) >= 11 is 0. The van der Waals surface area contributed by atoms with E-state index < -0.39 is 5.97 Å². The number of carbonyl (C=O) groups is 4. The van der Waals surface area contributed by atoms with Crippen molar-refractivity contribution in [1.82, 2.24) is 5.32 Å². The lowest BCUT2D eigenvalue weighted by atomic mass is 9.47. The molecule has 4 saturated carbocycles. The molecule has 1 amide bonds. The Hall–Kier alpha value is -2.18. The van der Waals surface area contributed by atoms with Gasteiger partial charge in [0.15, 0.2) is 5.78 Å². The molecule has 0 spiro atoms. The highest BCUT2D eigenvalue weighted by atomic mass is 16.5. The Morgan fingerprint density at radius 1 is 0.947 bits per heavy atom. The first kappa shape index (κ1) is 27.4. The minimum absolute atomic E-state index is 0.00403. The van der Waals surface area contributed by atoms with Gasteiger partial charge in [0.25, 0.3) is 0 Å². The number of rotatable bonds is 7. The third kappa shape index (κ3) is 5.19. The van der Waals surface area contributed by atoms with Gasteiger partial charge in [0.2, 0.25) is 5.91 Å². The smallest absolute Gasteiger partial charge is 0.306 e. The molecule has 0 heterocycles. The van der Waals surface area contributed by atoms with Crippen LogP contribution in [0.4, 0.5) is 0 Å². The Bertz CT molecular complexity index is 996. The Morgan fingerprint density at radius 2 is 1.71 bits per heavy atom. The molecule has 5 rings (SSSR count). The highest BCUT2D eigenvalue weighted by Crippen LogP contribution is 2.65. The van der Waals surface area contributed by atoms with Gasteiger partial charge in [0.1, 0.15) is 6.10 Å². The van der Waals surface area contributed by atoms with Gasteiger partial charge in [-0.1, -0.05) is 19.4 Å². The number of amides is 1. The SMILES string of the molecule is C[C@]12CC[C@H]3[C@@H](CCC4=CC(=O)CC[C@@]43C)[C@@H]1CC[C@H]2OC(=O)CCC(=O)NCC1CCC(C(=O)O)CC1. The molecule has 2 N–H and O–H groups in total. The van der Waals surface area contributed by atoms with Gasteiger partial charge in [0, 0.05) is 24.8 Å². The summed E-state index contributed by atoms with van der Waals surface area (Å²) in [5.41, 5.74) is 1.53. The number of aliphatic carboxylic acids is 1. The van der Waals surface area contributed by atoms with E-state index in [1.165, 1.54) is 5.57 Å². The molecule has 7 nitrogen and oxygen atoms in total. The van der Waals surface area contributed by atoms with Crippen molar-refractivity contribution in [2.45, 2.75) is 110 Å². The molecule has 210 valence electrons. The number of ketones is 1. The van der Waals surface area contributed by atoms with E-state index in [0.717, 1.165) is 57.8 Å². The fourth-order valence-electron chi connectivity index (χ4n) is 9.10. The molecule has 0 radical (unpaired) electrons. The predicted molar refractivity (Wildman–Crippen MR) is 142 cm³/mol. The first-order valence-electron chi connectivity index (χ1n) is 15.0. The number of hydrogen-bond acceptors (Lipinski definition) is 5. The average Bonchev–Trinajstić information content (AvgIpc) is 3.22. The van der Waals surface area contributed by atoms with E-state index in [1.54, 1.807) is 0 Å². The summed E-state index contributed by atoms with van der Waals surface area (Å²) < 4.78 is 6.06. The minimum Gasteiger partial charge on any atom is -0.481 e. The number of carboxylic acid groups (broad SMARTS) is 1. The van der Waals surface area contributed by atoms with E-state index in [0.29, 0.717) is 55.3 Å². The monoisotopic (exact) mass is 527 g/mol. The molecule has 5 aliphatic carbocycles. The van der Waals surface area contributed by atoms with Crippen molar-refractivity contribution in [2.24, 2.45) is 40.4 Å². The number of esters is 1. The molecule has 0 aromatic heterocycles. The van der Waals surface area contributed by atoms with Gasteiger partial charge in [-0.25, -0.2) is 0 Å². The van der Waals surface area contributed by atoms with Gasteiger partial charge < -0.3 is 15.2 Å². The van der Waals surface area contributed by atoms with Gasteiger partial charge in [-0.15, -0.1) is 0 Å². The zero-order chi connectivity index (χ0) is 27.1. The average molecular weight is 528 g/mol. The first-order valence-corrected chi connectivity index (χ1v) is 15.0. The van der Waals surface area contributed by atoms with Crippen molar-refractivity contribution in [2.75, 3.05) is 6.54 Å². The van der Waals surface area contributed by atoms with Crippen LogP contribution in [0.25, 0.3) is 0 Å². The van der Waals surface area contributed by atoms with Crippen LogP contribution in [0.1, 0.15) is 104 Å². The van der Waals surface area contributed by atoms with E-state index in [4.69, 9.17) is 9.84 Å². The third-order valence-corrected chi connectivity index (χ3v) is 11.5. The lowest BCUT2D eigenvalue weighted by Gasteiger charge is -2.57. The van der Waals surface area contributed by atoms with Crippen LogP contribution < -0.4 is 5.32 Å². The van der Waals surface area contributed by atoms with Crippen LogP contribution in [-0.2, 0) is 23.9 Å². The van der Waals surface area contributed by atoms with Crippen LogP contribution in [0, 0.1) is 40.4 Å². The summed E-state index contributed by atoms with van der Waals surface area (Å²) in [7, 11) is 0. The Morgan fingerprint density at radius 3 is 2.45 bits per heavy atom. The maximum Gasteiger partial charge on any atom is 0.306 e. The minimum atomic E-state index is -0.720. The summed E-state index contributed by atoms with van der Waals surface area (Å²) in [6.07, 6.45) is 13.1. The Labute approximate surface area is 226 Å². The maximum atomic E-state index is 12.8. The fourth-order valence-corrected chi connectivity index (χ4v) is 9.10. The normalized spacial score (nSPS) is 40.3. The molecule has 6 atom stereocenters. The van der Waals surface area contributed by atoms with Crippen LogP contribution in [0.2, 0.25) is 0 Å². The topological polar surface area (TPSA) is 110 Å². The van der Waals surface area contributed by atoms with Crippen LogP contribution in [0.5, 0.6) is 0 Å². The van der Waals surface area contributed by atoms with Crippen LogP contribution in [-0.4, -0.2) is 41.4 Å². The second-order valence-electron chi connectivity index (χ2n) is 13.4. The summed E-state index contributed by atoms with van der Waals surface area (Å²) in [4.78, 5) is 48.3. The van der Waals surface area contributed by atoms with E-state index in [-0.39, 0.29) is 47.6 Å². The van der Waals surface area contributed by atoms with E-state index in [9.17, 15) is 19.2 Å². The lowest BCUT2D eigenvalue weighted by molar-refractivity contribution is -0.160. The van der Waals surface area contributed by atoms with Gasteiger partial charge in [-0.2, -0.15) is 0 Å². The van der Waals surface area contributed by atoms with E-state index >= 15 is 0 Å². The van der Waals surface area contributed by atoms with Gasteiger partial charge in [-0.3, -0.25) is 19.2 Å². The number of allylic oxidation sites excluding steroid dienone is 1. The first-order chi connectivity index (χ1) is 18.1. The van der Waals surface area contributed by atoms with Crippen molar-refractivity contribution >= 4 is 23.6 Å². The molecular weight excluding hydrogens is 482 g/mol. The quantitative estimate of drug-likeness (QED) is 0.440. The zero-order valence-electron chi connectivity index (χ0n) is 23.1. The molecule has 0 bridgehead atoms. The second kappa shape index (κ2) is 10.8. The number of carbonyl (C=O) groups excluding carboxylic acids is 3. The molecule has 0 unspecified atom stereocenters. The van der Waals surface area contributed by atoms with Crippen molar-refractivity contribution in [3.63, 3.8) is 0 Å². The van der Waals surface area contributed by atoms with Gasteiger partial charge >= 0.3 is 11.9 Å². The zero-order valence-corrected chi connectivity index (χ0v) is 23.1. The standard InChI is InChI=1S/C31H45NO6/c1-30-15-13-22(33)17-21(30)7-8-23-24-9-10-26(31(24,2)16-14-25(23)30)38-28(35)12-11-27(34)32-18-19-3-5-20(6-4-19)29(36)37/h17,19-20,23-26H,3-16,18H2,1-2H3,(H,32,34)(H,36,37)/t19?,20?,23-,24-,25-,26+,30-,31-/m0/s1. The van der Waals surface area contributed by atoms with Crippen LogP contribution in [0.15, 0.2) is 11.6 Å². The van der Waals surface area contributed by atoms with Crippen molar-refractivity contribution < 1.29 is 29.0 Å². The third-order valence-electron chi connectivity index (χ3n) is 11.5. The molecule has 0 aliphatic heterocycles. The van der Waals surface area contributed by atoms with Crippen LogP contribution >= 0.6 is 0 Å². The largest absolute Gasteiger partial charge is 0.481 e. The highest BCUT2D eigenvalue weighted by molar-refractivity contribution is 5.91. The summed E-state index contributed by atoms with van der Waals surface area (Å²) in [5, 5.41) is 12.1. The lowest BCUT2D eigenvalue weighted by Crippen LogP contribution is -2.51. The summed E-state index contributed by atoms with van der Waals surface area (Å²) in [6, 6.07) is 0. The molecule has 38 heavy (non-hydrogen) atoms. The molecular formula is C31H45NO6. The molecule has 5 aliphatic rings. The van der Waals surface area contributed by atoms with Crippen molar-refractivity contribution in [3.05, 3.63) is 11.6 Å². The molecule has 4 fully saturated rings. The molecule has 0 saturated heterocycles. The number of nitrogens with one attached hydrogen (secondary N) is 1.